The molecule has 88 valence electrons. The third-order valence-corrected chi connectivity index (χ3v) is 2.13. The second-order valence-electron chi connectivity index (χ2n) is 3.80. The van der Waals surface area contributed by atoms with Gasteiger partial charge in [0.2, 0.25) is 0 Å². The summed E-state index contributed by atoms with van der Waals surface area (Å²) in [6.07, 6.45) is 0. The Bertz CT molecular complexity index is 402. The number of anilines is 1. The van der Waals surface area contributed by atoms with Crippen LogP contribution >= 0.6 is 0 Å². The first kappa shape index (κ1) is 12.3. The SMILES string of the molecule is COc1c(N)cc(C(=O)O)cc1CN(C)C. The van der Waals surface area contributed by atoms with E-state index in [1.54, 1.807) is 6.07 Å². The molecule has 0 bridgehead atoms. The molecule has 0 heterocycles. The van der Waals surface area contributed by atoms with Gasteiger partial charge in [-0.2, -0.15) is 0 Å². The van der Waals surface area contributed by atoms with Gasteiger partial charge < -0.3 is 20.5 Å². The molecule has 0 aliphatic carbocycles. The molecule has 16 heavy (non-hydrogen) atoms. The lowest BCUT2D eigenvalue weighted by Crippen LogP contribution is -2.13. The van der Waals surface area contributed by atoms with Crippen LogP contribution in [-0.4, -0.2) is 37.2 Å². The third kappa shape index (κ3) is 2.64. The number of carboxylic acids is 1. The Hall–Kier alpha value is -1.75. The Balaban J connectivity index is 3.25. The van der Waals surface area contributed by atoms with E-state index >= 15 is 0 Å². The van der Waals surface area contributed by atoms with E-state index in [0.717, 1.165) is 5.56 Å². The lowest BCUT2D eigenvalue weighted by molar-refractivity contribution is 0.0696. The number of ether oxygens (including phenoxy) is 1. The molecule has 0 saturated carbocycles. The van der Waals surface area contributed by atoms with Gasteiger partial charge >= 0.3 is 5.97 Å². The van der Waals surface area contributed by atoms with Crippen molar-refractivity contribution in [3.8, 4) is 5.75 Å². The fourth-order valence-corrected chi connectivity index (χ4v) is 1.54. The predicted molar refractivity (Wildman–Crippen MR) is 61.8 cm³/mol. The van der Waals surface area contributed by atoms with Crippen LogP contribution in [0.25, 0.3) is 0 Å². The van der Waals surface area contributed by atoms with Crippen LogP contribution < -0.4 is 10.5 Å². The lowest BCUT2D eigenvalue weighted by atomic mass is 10.1. The Morgan fingerprint density at radius 2 is 2.12 bits per heavy atom. The number of methoxy groups -OCH3 is 1. The highest BCUT2D eigenvalue weighted by Gasteiger charge is 2.13. The number of carbonyl (C=O) groups is 1. The van der Waals surface area contributed by atoms with Gasteiger partial charge in [-0.25, -0.2) is 4.79 Å². The van der Waals surface area contributed by atoms with Gasteiger partial charge in [-0.05, 0) is 26.2 Å². The number of carboxylic acid groups (broad SMARTS) is 1. The largest absolute Gasteiger partial charge is 0.494 e. The number of hydrogen-bond acceptors (Lipinski definition) is 4. The third-order valence-electron chi connectivity index (χ3n) is 2.13. The van der Waals surface area contributed by atoms with Crippen LogP contribution in [0.15, 0.2) is 12.1 Å². The molecule has 0 saturated heterocycles. The van der Waals surface area contributed by atoms with Crippen LogP contribution in [0.3, 0.4) is 0 Å². The summed E-state index contributed by atoms with van der Waals surface area (Å²) < 4.78 is 5.17. The molecule has 1 aromatic rings. The number of rotatable bonds is 4. The topological polar surface area (TPSA) is 75.8 Å². The van der Waals surface area contributed by atoms with Crippen molar-refractivity contribution in [1.29, 1.82) is 0 Å². The Labute approximate surface area is 94.4 Å². The molecular weight excluding hydrogens is 208 g/mol. The normalized spacial score (nSPS) is 10.5. The van der Waals surface area contributed by atoms with E-state index < -0.39 is 5.97 Å². The van der Waals surface area contributed by atoms with Crippen LogP contribution in [0.4, 0.5) is 5.69 Å². The highest BCUT2D eigenvalue weighted by molar-refractivity contribution is 5.90. The average Bonchev–Trinajstić information content (AvgIpc) is 2.16. The first-order valence-corrected chi connectivity index (χ1v) is 4.80. The molecule has 0 radical (unpaired) electrons. The molecule has 0 spiro atoms. The average molecular weight is 224 g/mol. The van der Waals surface area contributed by atoms with Gasteiger partial charge in [0.05, 0.1) is 18.4 Å². The van der Waals surface area contributed by atoms with Gasteiger partial charge in [-0.3, -0.25) is 0 Å². The van der Waals surface area contributed by atoms with E-state index in [1.807, 2.05) is 19.0 Å². The van der Waals surface area contributed by atoms with Crippen LogP contribution in [0.1, 0.15) is 15.9 Å². The van der Waals surface area contributed by atoms with Gasteiger partial charge in [0.25, 0.3) is 0 Å². The van der Waals surface area contributed by atoms with Crippen LogP contribution in [0.2, 0.25) is 0 Å². The summed E-state index contributed by atoms with van der Waals surface area (Å²) in [5, 5.41) is 8.92. The molecule has 0 aliphatic rings. The summed E-state index contributed by atoms with van der Waals surface area (Å²) in [6.45, 7) is 0.578. The Morgan fingerprint density at radius 1 is 1.50 bits per heavy atom. The zero-order valence-corrected chi connectivity index (χ0v) is 9.65. The maximum atomic E-state index is 10.9. The molecule has 3 N–H and O–H groups in total. The molecule has 0 aliphatic heterocycles. The molecule has 5 nitrogen and oxygen atoms in total. The van der Waals surface area contributed by atoms with Gasteiger partial charge in [-0.15, -0.1) is 0 Å². The number of aromatic carboxylic acids is 1. The molecular formula is C11H16N2O3. The zero-order chi connectivity index (χ0) is 12.3. The van der Waals surface area contributed by atoms with Crippen molar-refractivity contribution in [2.24, 2.45) is 0 Å². The smallest absolute Gasteiger partial charge is 0.335 e. The summed E-state index contributed by atoms with van der Waals surface area (Å²) >= 11 is 0. The number of nitrogens with two attached hydrogens (primary N) is 1. The van der Waals surface area contributed by atoms with Crippen molar-refractivity contribution in [2.75, 3.05) is 26.9 Å². The quantitative estimate of drug-likeness (QED) is 0.747. The fourth-order valence-electron chi connectivity index (χ4n) is 1.54. The Kier molecular flexibility index (Phi) is 3.73. The first-order valence-electron chi connectivity index (χ1n) is 4.80. The van der Waals surface area contributed by atoms with E-state index in [0.29, 0.717) is 18.0 Å². The van der Waals surface area contributed by atoms with Crippen molar-refractivity contribution in [3.63, 3.8) is 0 Å². The highest BCUT2D eigenvalue weighted by atomic mass is 16.5. The number of hydrogen-bond donors (Lipinski definition) is 2. The van der Waals surface area contributed by atoms with Crippen molar-refractivity contribution in [1.82, 2.24) is 4.90 Å². The van der Waals surface area contributed by atoms with Crippen molar-refractivity contribution >= 4 is 11.7 Å². The Morgan fingerprint density at radius 3 is 2.56 bits per heavy atom. The maximum absolute atomic E-state index is 10.9. The second kappa shape index (κ2) is 4.85. The molecule has 5 heteroatoms. The molecule has 0 aromatic heterocycles. The summed E-state index contributed by atoms with van der Waals surface area (Å²) in [5.41, 5.74) is 7.03. The van der Waals surface area contributed by atoms with Gasteiger partial charge in [0.1, 0.15) is 5.75 Å². The molecule has 1 rings (SSSR count). The zero-order valence-electron chi connectivity index (χ0n) is 9.65. The van der Waals surface area contributed by atoms with E-state index in [-0.39, 0.29) is 5.56 Å². The summed E-state index contributed by atoms with van der Waals surface area (Å²) in [5.74, 6) is -0.451. The molecule has 0 atom stereocenters. The first-order chi connectivity index (χ1) is 7.45. The van der Waals surface area contributed by atoms with E-state index in [2.05, 4.69) is 0 Å². The number of nitrogens with zero attached hydrogens (tertiary/aromatic N) is 1. The minimum absolute atomic E-state index is 0.176. The van der Waals surface area contributed by atoms with Crippen LogP contribution in [-0.2, 0) is 6.54 Å². The standard InChI is InChI=1S/C11H16N2O3/c1-13(2)6-8-4-7(11(14)15)5-9(12)10(8)16-3/h4-5H,6,12H2,1-3H3,(H,14,15). The van der Waals surface area contributed by atoms with Crippen LogP contribution in [0, 0.1) is 0 Å². The summed E-state index contributed by atoms with van der Waals surface area (Å²) in [6, 6.07) is 2.98. The minimum Gasteiger partial charge on any atom is -0.494 e. The fraction of sp³-hybridized carbons (Fsp3) is 0.364. The molecule has 0 amide bonds. The monoisotopic (exact) mass is 224 g/mol. The number of nitrogen functional groups attached to an aromatic ring is 1. The lowest BCUT2D eigenvalue weighted by Gasteiger charge is -2.15. The highest BCUT2D eigenvalue weighted by Crippen LogP contribution is 2.28. The predicted octanol–water partition coefficient (Wildman–Crippen LogP) is 1.04. The van der Waals surface area contributed by atoms with Crippen molar-refractivity contribution < 1.29 is 14.6 Å². The minimum atomic E-state index is -0.991. The number of benzene rings is 1. The summed E-state index contributed by atoms with van der Waals surface area (Å²) in [4.78, 5) is 12.8. The van der Waals surface area contributed by atoms with Gasteiger partial charge in [-0.1, -0.05) is 0 Å². The van der Waals surface area contributed by atoms with Crippen molar-refractivity contribution in [2.45, 2.75) is 6.54 Å². The van der Waals surface area contributed by atoms with Gasteiger partial charge in [0, 0.05) is 12.1 Å². The van der Waals surface area contributed by atoms with Crippen molar-refractivity contribution in [3.05, 3.63) is 23.3 Å². The van der Waals surface area contributed by atoms with Crippen LogP contribution in [0.5, 0.6) is 5.75 Å². The molecule has 1 aromatic carbocycles. The van der Waals surface area contributed by atoms with Gasteiger partial charge in [0.15, 0.2) is 0 Å². The van der Waals surface area contributed by atoms with E-state index in [9.17, 15) is 4.79 Å². The molecule has 0 fully saturated rings. The van der Waals surface area contributed by atoms with E-state index in [1.165, 1.54) is 13.2 Å². The molecule has 0 unspecified atom stereocenters. The van der Waals surface area contributed by atoms with E-state index in [4.69, 9.17) is 15.6 Å². The maximum Gasteiger partial charge on any atom is 0.335 e. The second-order valence-corrected chi connectivity index (χ2v) is 3.80. The summed E-state index contributed by atoms with van der Waals surface area (Å²) in [7, 11) is 5.30.